The van der Waals surface area contributed by atoms with Crippen molar-refractivity contribution in [3.63, 3.8) is 0 Å². The van der Waals surface area contributed by atoms with Crippen LogP contribution in [0.1, 0.15) is 51.3 Å². The van der Waals surface area contributed by atoms with Crippen LogP contribution in [0.2, 0.25) is 0 Å². The highest BCUT2D eigenvalue weighted by atomic mass is 16.5. The van der Waals surface area contributed by atoms with Crippen molar-refractivity contribution in [2.45, 2.75) is 51.7 Å². The van der Waals surface area contributed by atoms with E-state index in [1.807, 2.05) is 13.0 Å². The van der Waals surface area contributed by atoms with Gasteiger partial charge in [0, 0.05) is 5.56 Å². The van der Waals surface area contributed by atoms with Crippen molar-refractivity contribution < 1.29 is 9.84 Å². The third-order valence-electron chi connectivity index (χ3n) is 3.23. The van der Waals surface area contributed by atoms with Gasteiger partial charge in [0.25, 0.3) is 0 Å². The Morgan fingerprint density at radius 3 is 2.56 bits per heavy atom. The van der Waals surface area contributed by atoms with Gasteiger partial charge >= 0.3 is 0 Å². The Morgan fingerprint density at radius 1 is 1.31 bits per heavy atom. The lowest BCUT2D eigenvalue weighted by Crippen LogP contribution is -2.17. The molecule has 1 aliphatic heterocycles. The van der Waals surface area contributed by atoms with Crippen molar-refractivity contribution in [1.82, 2.24) is 0 Å². The zero-order valence-corrected chi connectivity index (χ0v) is 10.4. The first-order chi connectivity index (χ1) is 7.43. The van der Waals surface area contributed by atoms with Crippen LogP contribution in [0.15, 0.2) is 18.2 Å². The SMILES string of the molecule is CCC1Oc2ccc(C(C)(C)C)cc2C1O. The summed E-state index contributed by atoms with van der Waals surface area (Å²) in [5, 5.41) is 10.1. The van der Waals surface area contributed by atoms with E-state index in [2.05, 4.69) is 32.9 Å². The number of aliphatic hydroxyl groups is 1. The Morgan fingerprint density at radius 2 is 2.00 bits per heavy atom. The molecule has 1 heterocycles. The zero-order chi connectivity index (χ0) is 11.9. The van der Waals surface area contributed by atoms with Crippen LogP contribution < -0.4 is 4.74 Å². The summed E-state index contributed by atoms with van der Waals surface area (Å²) in [5.41, 5.74) is 2.30. The number of hydrogen-bond acceptors (Lipinski definition) is 2. The third-order valence-corrected chi connectivity index (χ3v) is 3.23. The predicted octanol–water partition coefficient (Wildman–Crippen LogP) is 3.19. The van der Waals surface area contributed by atoms with Gasteiger partial charge < -0.3 is 9.84 Å². The summed E-state index contributed by atoms with van der Waals surface area (Å²) >= 11 is 0. The van der Waals surface area contributed by atoms with Crippen LogP contribution in [0.25, 0.3) is 0 Å². The molecule has 2 atom stereocenters. The van der Waals surface area contributed by atoms with E-state index in [-0.39, 0.29) is 11.5 Å². The lowest BCUT2D eigenvalue weighted by molar-refractivity contribution is 0.0653. The summed E-state index contributed by atoms with van der Waals surface area (Å²) in [7, 11) is 0. The summed E-state index contributed by atoms with van der Waals surface area (Å²) in [6, 6.07) is 6.15. The third kappa shape index (κ3) is 1.82. The lowest BCUT2D eigenvalue weighted by atomic mass is 9.85. The maximum Gasteiger partial charge on any atom is 0.129 e. The van der Waals surface area contributed by atoms with Crippen molar-refractivity contribution in [3.05, 3.63) is 29.3 Å². The second kappa shape index (κ2) is 3.77. The van der Waals surface area contributed by atoms with E-state index in [1.165, 1.54) is 5.56 Å². The molecule has 1 N–H and O–H groups in total. The van der Waals surface area contributed by atoms with E-state index in [0.717, 1.165) is 17.7 Å². The van der Waals surface area contributed by atoms with Crippen LogP contribution in [0, 0.1) is 0 Å². The maximum absolute atomic E-state index is 10.1. The molecule has 88 valence electrons. The van der Waals surface area contributed by atoms with Gasteiger partial charge in [-0.1, -0.05) is 33.8 Å². The molecule has 0 aromatic heterocycles. The van der Waals surface area contributed by atoms with E-state index in [1.54, 1.807) is 0 Å². The lowest BCUT2D eigenvalue weighted by Gasteiger charge is -2.19. The molecule has 2 heteroatoms. The number of hydrogen-bond donors (Lipinski definition) is 1. The summed E-state index contributed by atoms with van der Waals surface area (Å²) < 4.78 is 5.69. The Balaban J connectivity index is 2.39. The number of rotatable bonds is 1. The molecule has 0 spiro atoms. The molecule has 0 aliphatic carbocycles. The van der Waals surface area contributed by atoms with E-state index < -0.39 is 6.10 Å². The molecule has 0 fully saturated rings. The number of ether oxygens (including phenoxy) is 1. The van der Waals surface area contributed by atoms with Gasteiger partial charge in [0.1, 0.15) is 18.0 Å². The monoisotopic (exact) mass is 220 g/mol. The van der Waals surface area contributed by atoms with Crippen molar-refractivity contribution in [1.29, 1.82) is 0 Å². The summed E-state index contributed by atoms with van der Waals surface area (Å²) in [6.07, 6.45) is 0.285. The van der Waals surface area contributed by atoms with Gasteiger partial charge in [-0.2, -0.15) is 0 Å². The maximum atomic E-state index is 10.1. The second-order valence-corrected chi connectivity index (χ2v) is 5.51. The molecule has 0 bridgehead atoms. The quantitative estimate of drug-likeness (QED) is 0.787. The minimum atomic E-state index is -0.470. The van der Waals surface area contributed by atoms with Crippen LogP contribution in [0.3, 0.4) is 0 Å². The second-order valence-electron chi connectivity index (χ2n) is 5.51. The average Bonchev–Trinajstić information content (AvgIpc) is 2.54. The topological polar surface area (TPSA) is 29.5 Å². The number of aliphatic hydroxyl groups excluding tert-OH is 1. The number of benzene rings is 1. The molecular formula is C14H20O2. The Kier molecular flexibility index (Phi) is 2.70. The fourth-order valence-electron chi connectivity index (χ4n) is 2.09. The van der Waals surface area contributed by atoms with Crippen LogP contribution in [0.4, 0.5) is 0 Å². The minimum Gasteiger partial charge on any atom is -0.487 e. The van der Waals surface area contributed by atoms with Crippen molar-refractivity contribution in [3.8, 4) is 5.75 Å². The highest BCUT2D eigenvalue weighted by molar-refractivity contribution is 5.44. The molecule has 0 saturated carbocycles. The first-order valence-electron chi connectivity index (χ1n) is 5.92. The van der Waals surface area contributed by atoms with Gasteiger partial charge in [-0.15, -0.1) is 0 Å². The summed E-state index contributed by atoms with van der Waals surface area (Å²) in [6.45, 7) is 8.56. The predicted molar refractivity (Wildman–Crippen MR) is 64.8 cm³/mol. The largest absolute Gasteiger partial charge is 0.487 e. The molecular weight excluding hydrogens is 200 g/mol. The van der Waals surface area contributed by atoms with E-state index in [0.29, 0.717) is 0 Å². The number of fused-ring (bicyclic) bond motifs is 1. The average molecular weight is 220 g/mol. The van der Waals surface area contributed by atoms with Gasteiger partial charge in [0.05, 0.1) is 0 Å². The molecule has 1 aromatic carbocycles. The molecule has 1 aliphatic rings. The molecule has 0 saturated heterocycles. The molecule has 0 radical (unpaired) electrons. The van der Waals surface area contributed by atoms with Gasteiger partial charge in [0.15, 0.2) is 0 Å². The van der Waals surface area contributed by atoms with Crippen molar-refractivity contribution in [2.24, 2.45) is 0 Å². The first-order valence-corrected chi connectivity index (χ1v) is 5.92. The normalized spacial score (nSPS) is 24.1. The Bertz CT molecular complexity index is 390. The van der Waals surface area contributed by atoms with E-state index in [9.17, 15) is 5.11 Å². The Labute approximate surface area is 97.3 Å². The van der Waals surface area contributed by atoms with Gasteiger partial charge in [-0.05, 0) is 29.5 Å². The molecule has 2 nitrogen and oxygen atoms in total. The molecule has 16 heavy (non-hydrogen) atoms. The smallest absolute Gasteiger partial charge is 0.129 e. The van der Waals surface area contributed by atoms with E-state index in [4.69, 9.17) is 4.74 Å². The van der Waals surface area contributed by atoms with Crippen LogP contribution >= 0.6 is 0 Å². The zero-order valence-electron chi connectivity index (χ0n) is 10.4. The highest BCUT2D eigenvalue weighted by Crippen LogP contribution is 2.40. The molecule has 2 unspecified atom stereocenters. The summed E-state index contributed by atoms with van der Waals surface area (Å²) in [5.74, 6) is 0.840. The molecule has 0 amide bonds. The minimum absolute atomic E-state index is 0.0785. The van der Waals surface area contributed by atoms with Gasteiger partial charge in [-0.25, -0.2) is 0 Å². The first kappa shape index (κ1) is 11.5. The molecule has 1 aromatic rings. The van der Waals surface area contributed by atoms with Gasteiger partial charge in [-0.3, -0.25) is 0 Å². The van der Waals surface area contributed by atoms with Crippen LogP contribution in [-0.2, 0) is 5.41 Å². The standard InChI is InChI=1S/C14H20O2/c1-5-11-13(15)10-8-9(14(2,3)4)6-7-12(10)16-11/h6-8,11,13,15H,5H2,1-4H3. The van der Waals surface area contributed by atoms with Gasteiger partial charge in [0.2, 0.25) is 0 Å². The Hall–Kier alpha value is -1.02. The van der Waals surface area contributed by atoms with Crippen molar-refractivity contribution >= 4 is 0 Å². The van der Waals surface area contributed by atoms with Crippen LogP contribution in [0.5, 0.6) is 5.75 Å². The molecule has 2 rings (SSSR count). The van der Waals surface area contributed by atoms with Crippen molar-refractivity contribution in [2.75, 3.05) is 0 Å². The fraction of sp³-hybridized carbons (Fsp3) is 0.571. The van der Waals surface area contributed by atoms with E-state index >= 15 is 0 Å². The fourth-order valence-corrected chi connectivity index (χ4v) is 2.09. The highest BCUT2D eigenvalue weighted by Gasteiger charge is 2.32. The summed E-state index contributed by atoms with van der Waals surface area (Å²) in [4.78, 5) is 0. The van der Waals surface area contributed by atoms with Crippen LogP contribution in [-0.4, -0.2) is 11.2 Å².